The fourth-order valence-electron chi connectivity index (χ4n) is 9.96. The van der Waals surface area contributed by atoms with E-state index in [9.17, 15) is 0 Å². The minimum atomic E-state index is 0.128. The van der Waals surface area contributed by atoms with Crippen molar-refractivity contribution in [2.45, 2.75) is 12.0 Å². The van der Waals surface area contributed by atoms with Gasteiger partial charge in [0.1, 0.15) is 11.2 Å². The number of para-hydroxylation sites is 2. The Morgan fingerprint density at radius 2 is 1.00 bits per heavy atom. The van der Waals surface area contributed by atoms with Gasteiger partial charge in [-0.25, -0.2) is 0 Å². The molecule has 56 heavy (non-hydrogen) atoms. The van der Waals surface area contributed by atoms with Crippen LogP contribution in [0.1, 0.15) is 11.5 Å². The zero-order chi connectivity index (χ0) is 36.5. The van der Waals surface area contributed by atoms with Crippen LogP contribution in [0.5, 0.6) is 0 Å². The summed E-state index contributed by atoms with van der Waals surface area (Å²) < 4.78 is 15.9. The molecule has 0 saturated heterocycles. The zero-order valence-electron chi connectivity index (χ0n) is 30.2. The zero-order valence-corrected chi connectivity index (χ0v) is 30.2. The number of hydrogen-bond donors (Lipinski definition) is 0. The summed E-state index contributed by atoms with van der Waals surface area (Å²) in [6, 6.07) is 57.2. The Hall–Kier alpha value is -7.30. The van der Waals surface area contributed by atoms with Crippen molar-refractivity contribution >= 4 is 55.5 Å². The molecule has 3 aromatic heterocycles. The topological polar surface area (TPSA) is 34.5 Å². The molecule has 0 spiro atoms. The van der Waals surface area contributed by atoms with Crippen molar-refractivity contribution < 1.29 is 8.83 Å². The third kappa shape index (κ3) is 3.97. The van der Waals surface area contributed by atoms with Crippen molar-refractivity contribution in [2.75, 3.05) is 4.90 Å². The molecule has 0 saturated carbocycles. The molecule has 4 nitrogen and oxygen atoms in total. The van der Waals surface area contributed by atoms with Crippen LogP contribution in [0.4, 0.5) is 11.6 Å². The maximum Gasteiger partial charge on any atom is 0.213 e. The summed E-state index contributed by atoms with van der Waals surface area (Å²) in [4.78, 5) is 2.37. The molecule has 2 atom stereocenters. The summed E-state index contributed by atoms with van der Waals surface area (Å²) in [6.07, 6.45) is 8.92. The van der Waals surface area contributed by atoms with Gasteiger partial charge in [0.2, 0.25) is 11.6 Å². The number of hydrogen-bond acceptors (Lipinski definition) is 3. The minimum absolute atomic E-state index is 0.128. The Morgan fingerprint density at radius 3 is 1.73 bits per heavy atom. The van der Waals surface area contributed by atoms with Gasteiger partial charge in [-0.2, -0.15) is 0 Å². The molecule has 0 N–H and O–H groups in total. The van der Waals surface area contributed by atoms with E-state index >= 15 is 0 Å². The number of fused-ring (bicyclic) bond motifs is 18. The number of anilines is 2. The molecule has 2 aliphatic carbocycles. The van der Waals surface area contributed by atoms with E-state index < -0.39 is 0 Å². The smallest absolute Gasteiger partial charge is 0.213 e. The van der Waals surface area contributed by atoms with Crippen LogP contribution in [0.15, 0.2) is 191 Å². The fourth-order valence-corrected chi connectivity index (χ4v) is 9.96. The lowest BCUT2D eigenvalue weighted by atomic mass is 9.81. The first-order valence-electron chi connectivity index (χ1n) is 19.3. The van der Waals surface area contributed by atoms with Crippen LogP contribution in [0.2, 0.25) is 0 Å². The van der Waals surface area contributed by atoms with Crippen molar-refractivity contribution in [1.29, 1.82) is 0 Å². The second kappa shape index (κ2) is 11.1. The Labute approximate surface area is 322 Å². The first-order chi connectivity index (χ1) is 27.8. The van der Waals surface area contributed by atoms with Crippen LogP contribution in [0.25, 0.3) is 94.1 Å². The summed E-state index contributed by atoms with van der Waals surface area (Å²) in [5, 5.41) is 4.55. The molecule has 13 rings (SSSR count). The van der Waals surface area contributed by atoms with Gasteiger partial charge < -0.3 is 13.7 Å². The lowest BCUT2D eigenvalue weighted by Gasteiger charge is -2.27. The number of nitrogens with zero attached hydrogens (tertiary/aromatic N) is 2. The number of allylic oxidation sites excluding steroid dienone is 2. The minimum Gasteiger partial charge on any atom is -0.440 e. The van der Waals surface area contributed by atoms with E-state index in [2.05, 4.69) is 185 Å². The standard InChI is InChI=1S/C52H32N2O2/c1-2-14-34-33(13-1)35-15-3-4-17-37(35)39-27-25-31(29-43(39)38-18-6-5-16-36(34)38)53-46-23-11-8-20-41(46)50-44-30-32(26-28-48(44)56-52(50)53)54-45-22-10-7-19-40(45)49-42-21-9-12-24-47(42)55-51(49)54/h1-30,40,45H. The summed E-state index contributed by atoms with van der Waals surface area (Å²) in [6.45, 7) is 0. The second-order valence-electron chi connectivity index (χ2n) is 15.2. The van der Waals surface area contributed by atoms with E-state index in [0.29, 0.717) is 0 Å². The van der Waals surface area contributed by atoms with Gasteiger partial charge in [-0.15, -0.1) is 0 Å². The maximum atomic E-state index is 6.92. The Bertz CT molecular complexity index is 3350. The van der Waals surface area contributed by atoms with Gasteiger partial charge in [0, 0.05) is 39.0 Å². The number of aromatic nitrogens is 1. The van der Waals surface area contributed by atoms with Crippen molar-refractivity contribution in [3.8, 4) is 50.2 Å². The van der Waals surface area contributed by atoms with Crippen LogP contribution in [0.3, 0.4) is 0 Å². The molecule has 0 bridgehead atoms. The normalized spacial score (nSPS) is 16.4. The molecule has 0 amide bonds. The Kier molecular flexibility index (Phi) is 5.97. The lowest BCUT2D eigenvalue weighted by molar-refractivity contribution is 0.604. The van der Waals surface area contributed by atoms with Crippen molar-refractivity contribution in [3.63, 3.8) is 0 Å². The molecule has 1 aliphatic heterocycles. The van der Waals surface area contributed by atoms with Gasteiger partial charge in [-0.3, -0.25) is 4.57 Å². The number of furan rings is 2. The molecule has 4 heteroatoms. The van der Waals surface area contributed by atoms with E-state index in [4.69, 9.17) is 8.83 Å². The third-order valence-corrected chi connectivity index (χ3v) is 12.3. The van der Waals surface area contributed by atoms with Gasteiger partial charge in [0.25, 0.3) is 0 Å². The van der Waals surface area contributed by atoms with E-state index in [1.165, 1.54) is 55.5 Å². The van der Waals surface area contributed by atoms with Gasteiger partial charge in [-0.05, 0) is 87.0 Å². The molecule has 0 radical (unpaired) electrons. The fraction of sp³-hybridized carbons (Fsp3) is 0.0385. The molecule has 10 aromatic rings. The summed E-state index contributed by atoms with van der Waals surface area (Å²) >= 11 is 0. The quantitative estimate of drug-likeness (QED) is 0.179. The SMILES string of the molecule is C1=CC2c3c(oc4ccccc34)N(c3ccc4oc5c(c4c3)c3ccccc3n5-c3ccc4c(c3)-c3ccccc3-c3ccccc3-c3ccccc3-4)C2C=C1. The highest BCUT2D eigenvalue weighted by Crippen LogP contribution is 2.53. The molecule has 262 valence electrons. The van der Waals surface area contributed by atoms with Crippen LogP contribution >= 0.6 is 0 Å². The molecular formula is C52H32N2O2. The third-order valence-electron chi connectivity index (χ3n) is 12.3. The van der Waals surface area contributed by atoms with Crippen LogP contribution in [-0.4, -0.2) is 10.6 Å². The van der Waals surface area contributed by atoms with Crippen molar-refractivity contribution in [3.05, 3.63) is 188 Å². The summed E-state index contributed by atoms with van der Waals surface area (Å²) in [5.41, 5.74) is 17.0. The Balaban J connectivity index is 1.04. The van der Waals surface area contributed by atoms with E-state index in [-0.39, 0.29) is 12.0 Å². The van der Waals surface area contributed by atoms with Crippen LogP contribution in [0, 0.1) is 0 Å². The highest BCUT2D eigenvalue weighted by molar-refractivity contribution is 6.20. The van der Waals surface area contributed by atoms with E-state index in [1.54, 1.807) is 0 Å². The van der Waals surface area contributed by atoms with Gasteiger partial charge in [0.05, 0.1) is 16.9 Å². The Morgan fingerprint density at radius 1 is 0.429 bits per heavy atom. The van der Waals surface area contributed by atoms with Gasteiger partial charge in [0.15, 0.2) is 0 Å². The molecule has 0 fully saturated rings. The van der Waals surface area contributed by atoms with E-state index in [0.717, 1.165) is 55.8 Å². The van der Waals surface area contributed by atoms with Gasteiger partial charge >= 0.3 is 0 Å². The molecule has 4 heterocycles. The highest BCUT2D eigenvalue weighted by atomic mass is 16.4. The number of rotatable bonds is 2. The second-order valence-corrected chi connectivity index (χ2v) is 15.2. The van der Waals surface area contributed by atoms with Gasteiger partial charge in [-0.1, -0.05) is 140 Å². The summed E-state index contributed by atoms with van der Waals surface area (Å²) in [7, 11) is 0. The first-order valence-corrected chi connectivity index (χ1v) is 19.3. The largest absolute Gasteiger partial charge is 0.440 e. The monoisotopic (exact) mass is 716 g/mol. The van der Waals surface area contributed by atoms with Crippen LogP contribution < -0.4 is 4.90 Å². The van der Waals surface area contributed by atoms with E-state index in [1.807, 2.05) is 6.07 Å². The maximum absolute atomic E-state index is 6.92. The average molecular weight is 717 g/mol. The molecule has 3 aliphatic rings. The lowest BCUT2D eigenvalue weighted by Crippen LogP contribution is -2.28. The molecule has 2 unspecified atom stereocenters. The van der Waals surface area contributed by atoms with Crippen molar-refractivity contribution in [1.82, 2.24) is 4.57 Å². The molecule has 7 aromatic carbocycles. The number of benzene rings is 7. The first kappa shape index (κ1) is 30.1. The highest BCUT2D eigenvalue weighted by Gasteiger charge is 2.42. The van der Waals surface area contributed by atoms with Crippen LogP contribution in [-0.2, 0) is 0 Å². The molecular weight excluding hydrogens is 685 g/mol. The predicted molar refractivity (Wildman–Crippen MR) is 229 cm³/mol. The predicted octanol–water partition coefficient (Wildman–Crippen LogP) is 14.0. The summed E-state index contributed by atoms with van der Waals surface area (Å²) in [5.74, 6) is 1.13. The average Bonchev–Trinajstić information content (AvgIpc) is 3.99. The van der Waals surface area contributed by atoms with Crippen molar-refractivity contribution in [2.24, 2.45) is 0 Å².